The number of rotatable bonds is 6. The lowest BCUT2D eigenvalue weighted by Gasteiger charge is -2.21. The van der Waals surface area contributed by atoms with Crippen LogP contribution < -0.4 is 10.6 Å². The fourth-order valence-corrected chi connectivity index (χ4v) is 4.71. The zero-order valence-electron chi connectivity index (χ0n) is 19.1. The molecule has 2 aromatic heterocycles. The smallest absolute Gasteiger partial charge is 0.407 e. The van der Waals surface area contributed by atoms with Gasteiger partial charge in [0, 0.05) is 54.5 Å². The third kappa shape index (κ3) is 3.81. The topological polar surface area (TPSA) is 86.5 Å². The summed E-state index contributed by atoms with van der Waals surface area (Å²) >= 11 is 0. The Labute approximate surface area is 187 Å². The number of hydrogen-bond donors (Lipinski definition) is 2. The number of aryl methyl sites for hydroxylation is 1. The largest absolute Gasteiger partial charge is 0.450 e. The number of aromatic nitrogens is 2. The molecule has 8 nitrogen and oxygen atoms in total. The number of nitrogens with zero attached hydrogens (tertiary/aromatic N) is 2. The Kier molecular flexibility index (Phi) is 6.12. The van der Waals surface area contributed by atoms with Crippen LogP contribution in [0, 0.1) is 6.92 Å². The maximum atomic E-state index is 12.0. The van der Waals surface area contributed by atoms with Gasteiger partial charge in [0.2, 0.25) is 0 Å². The Hall–Kier alpha value is -3.42. The molecule has 0 fully saturated rings. The van der Waals surface area contributed by atoms with Gasteiger partial charge in [-0.3, -0.25) is 0 Å². The van der Waals surface area contributed by atoms with Crippen LogP contribution in [0.4, 0.5) is 9.59 Å². The molecule has 1 aromatic carbocycles. The Morgan fingerprint density at radius 3 is 2.25 bits per heavy atom. The molecule has 170 valence electrons. The predicted molar refractivity (Wildman–Crippen MR) is 122 cm³/mol. The number of hydrogen-bond acceptors (Lipinski definition) is 4. The average molecular weight is 439 g/mol. The molecule has 4 rings (SSSR count). The van der Waals surface area contributed by atoms with Crippen LogP contribution in [0.3, 0.4) is 0 Å². The van der Waals surface area contributed by atoms with Crippen LogP contribution in [-0.2, 0) is 42.6 Å². The summed E-state index contributed by atoms with van der Waals surface area (Å²) in [6, 6.07) is 8.44. The van der Waals surface area contributed by atoms with Crippen molar-refractivity contribution in [1.29, 1.82) is 0 Å². The van der Waals surface area contributed by atoms with Crippen molar-refractivity contribution in [3.63, 3.8) is 0 Å². The molecule has 0 spiro atoms. The van der Waals surface area contributed by atoms with Crippen molar-refractivity contribution in [3.05, 3.63) is 58.0 Å². The van der Waals surface area contributed by atoms with Gasteiger partial charge in [-0.1, -0.05) is 18.2 Å². The van der Waals surface area contributed by atoms with Crippen LogP contribution in [0.5, 0.6) is 0 Å². The molecule has 2 N–H and O–H groups in total. The number of ether oxygens (including phenoxy) is 2. The lowest BCUT2D eigenvalue weighted by molar-refractivity contribution is 0.150. The molecule has 2 amide bonds. The first kappa shape index (κ1) is 21.8. The summed E-state index contributed by atoms with van der Waals surface area (Å²) in [7, 11) is 2.11. The molecule has 0 saturated carbocycles. The minimum absolute atomic E-state index is 0.315. The molecule has 3 aromatic rings. The maximum Gasteiger partial charge on any atom is 0.407 e. The summed E-state index contributed by atoms with van der Waals surface area (Å²) in [5.41, 5.74) is 8.07. The van der Waals surface area contributed by atoms with Gasteiger partial charge in [-0.25, -0.2) is 9.59 Å². The quantitative estimate of drug-likeness (QED) is 0.480. The number of amides is 2. The predicted octanol–water partition coefficient (Wildman–Crippen LogP) is 3.73. The van der Waals surface area contributed by atoms with E-state index in [1.807, 2.05) is 0 Å². The Morgan fingerprint density at radius 1 is 0.969 bits per heavy atom. The van der Waals surface area contributed by atoms with Crippen LogP contribution in [0.1, 0.15) is 47.6 Å². The molecule has 0 atom stereocenters. The lowest BCUT2D eigenvalue weighted by Crippen LogP contribution is -2.27. The number of alkyl carbamates (subject to hydrolysis) is 2. The highest BCUT2D eigenvalue weighted by molar-refractivity contribution is 5.86. The van der Waals surface area contributed by atoms with Crippen LogP contribution in [0.25, 0.3) is 10.9 Å². The van der Waals surface area contributed by atoms with Crippen LogP contribution >= 0.6 is 0 Å². The lowest BCUT2D eigenvalue weighted by atomic mass is 9.99. The summed E-state index contributed by atoms with van der Waals surface area (Å²) in [6.07, 6.45) is -0.137. The Morgan fingerprint density at radius 2 is 1.59 bits per heavy atom. The monoisotopic (exact) mass is 438 g/mol. The van der Waals surface area contributed by atoms with E-state index < -0.39 is 12.2 Å². The maximum absolute atomic E-state index is 12.0. The van der Waals surface area contributed by atoms with Crippen molar-refractivity contribution in [2.24, 2.45) is 7.05 Å². The molecule has 1 aliphatic heterocycles. The standard InChI is InChI=1S/C24H30N4O4/c1-5-31-23(29)25-12-18-15(3)28-14-22-17(16-9-7-8-10-20(16)27(22)4)11-21(28)19(18)13-26-24(30)32-6-2/h7-10H,5-6,11-14H2,1-4H3,(H,25,29)(H,26,30). The zero-order chi connectivity index (χ0) is 22.8. The molecule has 1 aliphatic rings. The number of nitrogens with one attached hydrogen (secondary N) is 2. The van der Waals surface area contributed by atoms with E-state index in [9.17, 15) is 9.59 Å². The van der Waals surface area contributed by atoms with Gasteiger partial charge in [0.05, 0.1) is 19.8 Å². The molecule has 0 saturated heterocycles. The second kappa shape index (κ2) is 8.98. The number of fused-ring (bicyclic) bond motifs is 4. The van der Waals surface area contributed by atoms with Crippen molar-refractivity contribution in [2.75, 3.05) is 13.2 Å². The van der Waals surface area contributed by atoms with E-state index in [0.29, 0.717) is 26.3 Å². The molecule has 8 heteroatoms. The van der Waals surface area contributed by atoms with Gasteiger partial charge >= 0.3 is 12.2 Å². The average Bonchev–Trinajstić information content (AvgIpc) is 3.21. The van der Waals surface area contributed by atoms with E-state index in [0.717, 1.165) is 35.5 Å². The molecular formula is C24H30N4O4. The zero-order valence-corrected chi connectivity index (χ0v) is 19.1. The van der Waals surface area contributed by atoms with E-state index in [1.165, 1.54) is 22.2 Å². The molecule has 0 unspecified atom stereocenters. The molecule has 3 heterocycles. The van der Waals surface area contributed by atoms with Gasteiger partial charge in [-0.05, 0) is 43.5 Å². The first-order valence-electron chi connectivity index (χ1n) is 11.0. The Bertz CT molecular complexity index is 1170. The van der Waals surface area contributed by atoms with E-state index in [1.54, 1.807) is 13.8 Å². The molecule has 0 bridgehead atoms. The summed E-state index contributed by atoms with van der Waals surface area (Å²) in [5, 5.41) is 6.95. The minimum atomic E-state index is -0.449. The normalized spacial score (nSPS) is 12.2. The van der Waals surface area contributed by atoms with Gasteiger partial charge in [0.25, 0.3) is 0 Å². The minimum Gasteiger partial charge on any atom is -0.450 e. The van der Waals surface area contributed by atoms with Gasteiger partial charge in [-0.2, -0.15) is 0 Å². The summed E-state index contributed by atoms with van der Waals surface area (Å²) in [6.45, 7) is 7.66. The second-order valence-corrected chi connectivity index (χ2v) is 7.90. The highest BCUT2D eigenvalue weighted by atomic mass is 16.6. The van der Waals surface area contributed by atoms with Gasteiger partial charge in [0.15, 0.2) is 0 Å². The van der Waals surface area contributed by atoms with Crippen molar-refractivity contribution in [3.8, 4) is 0 Å². The van der Waals surface area contributed by atoms with Crippen molar-refractivity contribution < 1.29 is 19.1 Å². The van der Waals surface area contributed by atoms with E-state index in [-0.39, 0.29) is 0 Å². The van der Waals surface area contributed by atoms with E-state index >= 15 is 0 Å². The van der Waals surface area contributed by atoms with E-state index in [2.05, 4.69) is 58.0 Å². The summed E-state index contributed by atoms with van der Waals surface area (Å²) in [4.78, 5) is 23.9. The third-order valence-electron chi connectivity index (χ3n) is 6.25. The third-order valence-corrected chi connectivity index (χ3v) is 6.25. The van der Waals surface area contributed by atoms with Crippen molar-refractivity contribution in [1.82, 2.24) is 19.8 Å². The number of carbonyl (C=O) groups excluding carboxylic acids is 2. The van der Waals surface area contributed by atoms with E-state index in [4.69, 9.17) is 9.47 Å². The highest BCUT2D eigenvalue weighted by Gasteiger charge is 2.28. The summed E-state index contributed by atoms with van der Waals surface area (Å²) < 4.78 is 14.6. The van der Waals surface area contributed by atoms with Gasteiger partial charge < -0.3 is 29.2 Å². The van der Waals surface area contributed by atoms with Gasteiger partial charge in [0.1, 0.15) is 0 Å². The molecule has 32 heavy (non-hydrogen) atoms. The molecular weight excluding hydrogens is 408 g/mol. The first-order chi connectivity index (χ1) is 15.5. The highest BCUT2D eigenvalue weighted by Crippen LogP contribution is 2.36. The SMILES string of the molecule is CCOC(=O)NCc1c(CNC(=O)OCC)c2n(c1C)Cc1c(c3ccccc3n1C)C2. The first-order valence-corrected chi connectivity index (χ1v) is 11.0. The fourth-order valence-electron chi connectivity index (χ4n) is 4.71. The van der Waals surface area contributed by atoms with Crippen LogP contribution in [-0.4, -0.2) is 34.5 Å². The number of carbonyl (C=O) groups is 2. The van der Waals surface area contributed by atoms with Crippen LogP contribution in [0.2, 0.25) is 0 Å². The van der Waals surface area contributed by atoms with Gasteiger partial charge in [-0.15, -0.1) is 0 Å². The molecule has 0 radical (unpaired) electrons. The Balaban J connectivity index is 1.72. The van der Waals surface area contributed by atoms with Crippen LogP contribution in [0.15, 0.2) is 24.3 Å². The number of benzene rings is 1. The summed E-state index contributed by atoms with van der Waals surface area (Å²) in [5.74, 6) is 0. The second-order valence-electron chi connectivity index (χ2n) is 7.90. The number of para-hydroxylation sites is 1. The fraction of sp³-hybridized carbons (Fsp3) is 0.417. The van der Waals surface area contributed by atoms with Crippen molar-refractivity contribution in [2.45, 2.75) is 46.8 Å². The van der Waals surface area contributed by atoms with Crippen molar-refractivity contribution >= 4 is 23.1 Å². The molecule has 0 aliphatic carbocycles.